The zero-order valence-electron chi connectivity index (χ0n) is 14.8. The summed E-state index contributed by atoms with van der Waals surface area (Å²) in [5, 5.41) is 14.6. The van der Waals surface area contributed by atoms with Gasteiger partial charge in [0.15, 0.2) is 17.3 Å². The number of fused-ring (bicyclic) bond motifs is 1. The van der Waals surface area contributed by atoms with Gasteiger partial charge in [0.05, 0.1) is 6.20 Å². The van der Waals surface area contributed by atoms with Crippen LogP contribution in [-0.2, 0) is 0 Å². The molecule has 2 aromatic carbocycles. The molecule has 0 aliphatic carbocycles. The molecule has 0 saturated carbocycles. The second kappa shape index (κ2) is 6.51. The normalized spacial score (nSPS) is 12.1. The highest BCUT2D eigenvalue weighted by molar-refractivity contribution is 5.65. The van der Waals surface area contributed by atoms with E-state index >= 15 is 0 Å². The minimum Gasteiger partial charge on any atom is -0.454 e. The molecule has 26 heavy (non-hydrogen) atoms. The third kappa shape index (κ3) is 3.23. The van der Waals surface area contributed by atoms with Crippen molar-refractivity contribution in [1.82, 2.24) is 15.2 Å². The Bertz CT molecular complexity index is 951. The fraction of sp³-hybridized carbons (Fsp3) is 0.211. The Morgan fingerprint density at radius 3 is 2.50 bits per heavy atom. The summed E-state index contributed by atoms with van der Waals surface area (Å²) in [5.74, 6) is 2.47. The first kappa shape index (κ1) is 16.1. The lowest BCUT2D eigenvalue weighted by molar-refractivity contribution is 0.174. The van der Waals surface area contributed by atoms with Crippen molar-refractivity contribution >= 4 is 23.1 Å². The SMILES string of the molecule is Cc1cc(C)c(Nc2nncc(Nc3ccc4c(c3)OCO4)n2)c(C)c1. The van der Waals surface area contributed by atoms with Crippen LogP contribution in [0, 0.1) is 20.8 Å². The van der Waals surface area contributed by atoms with Crippen LogP contribution in [0.4, 0.5) is 23.1 Å². The molecule has 7 nitrogen and oxygen atoms in total. The van der Waals surface area contributed by atoms with Crippen molar-refractivity contribution in [2.24, 2.45) is 0 Å². The molecule has 4 rings (SSSR count). The van der Waals surface area contributed by atoms with Gasteiger partial charge in [-0.25, -0.2) is 0 Å². The third-order valence-corrected chi connectivity index (χ3v) is 4.12. The summed E-state index contributed by atoms with van der Waals surface area (Å²) in [6.45, 7) is 6.45. The number of aromatic nitrogens is 3. The van der Waals surface area contributed by atoms with E-state index in [0.29, 0.717) is 17.5 Å². The molecule has 1 aromatic heterocycles. The zero-order chi connectivity index (χ0) is 18.1. The van der Waals surface area contributed by atoms with Crippen molar-refractivity contribution < 1.29 is 9.47 Å². The number of nitrogens with one attached hydrogen (secondary N) is 2. The molecular formula is C19H19N5O2. The van der Waals surface area contributed by atoms with Crippen molar-refractivity contribution in [3.05, 3.63) is 53.2 Å². The molecule has 7 heteroatoms. The molecule has 0 unspecified atom stereocenters. The number of nitrogens with zero attached hydrogens (tertiary/aromatic N) is 3. The van der Waals surface area contributed by atoms with E-state index in [2.05, 4.69) is 58.7 Å². The molecular weight excluding hydrogens is 330 g/mol. The van der Waals surface area contributed by atoms with E-state index in [1.807, 2.05) is 18.2 Å². The molecule has 2 N–H and O–H groups in total. The first-order chi connectivity index (χ1) is 12.6. The zero-order valence-corrected chi connectivity index (χ0v) is 14.8. The first-order valence-electron chi connectivity index (χ1n) is 8.30. The van der Waals surface area contributed by atoms with Crippen LogP contribution in [0.3, 0.4) is 0 Å². The number of rotatable bonds is 4. The Kier molecular flexibility index (Phi) is 4.04. The Morgan fingerprint density at radius 1 is 0.923 bits per heavy atom. The van der Waals surface area contributed by atoms with Crippen LogP contribution in [0.2, 0.25) is 0 Å². The van der Waals surface area contributed by atoms with Crippen LogP contribution in [0.25, 0.3) is 0 Å². The summed E-state index contributed by atoms with van der Waals surface area (Å²) < 4.78 is 10.7. The van der Waals surface area contributed by atoms with Gasteiger partial charge in [-0.2, -0.15) is 10.1 Å². The van der Waals surface area contributed by atoms with Crippen molar-refractivity contribution in [3.63, 3.8) is 0 Å². The molecule has 0 radical (unpaired) electrons. The van der Waals surface area contributed by atoms with Crippen LogP contribution in [0.1, 0.15) is 16.7 Å². The predicted octanol–water partition coefficient (Wildman–Crippen LogP) is 4.01. The van der Waals surface area contributed by atoms with E-state index in [1.165, 1.54) is 5.56 Å². The maximum Gasteiger partial charge on any atom is 0.249 e. The third-order valence-electron chi connectivity index (χ3n) is 4.12. The highest BCUT2D eigenvalue weighted by Gasteiger charge is 2.14. The standard InChI is InChI=1S/C19H19N5O2/c1-11-6-12(2)18(13(3)7-11)23-19-22-17(9-20-24-19)21-14-4-5-15-16(8-14)26-10-25-15/h4-9H,10H2,1-3H3,(H2,21,22,23,24). The van der Waals surface area contributed by atoms with Gasteiger partial charge >= 0.3 is 0 Å². The molecule has 0 fully saturated rings. The van der Waals surface area contributed by atoms with Gasteiger partial charge in [-0.05, 0) is 44.0 Å². The molecule has 0 atom stereocenters. The Morgan fingerprint density at radius 2 is 1.69 bits per heavy atom. The molecule has 2 heterocycles. The summed E-state index contributed by atoms with van der Waals surface area (Å²) in [4.78, 5) is 4.49. The maximum atomic E-state index is 5.39. The summed E-state index contributed by atoms with van der Waals surface area (Å²) in [5.41, 5.74) is 5.34. The molecule has 0 saturated heterocycles. The Hall–Kier alpha value is -3.35. The van der Waals surface area contributed by atoms with Crippen molar-refractivity contribution in [1.29, 1.82) is 0 Å². The predicted molar refractivity (Wildman–Crippen MR) is 99.6 cm³/mol. The summed E-state index contributed by atoms with van der Waals surface area (Å²) >= 11 is 0. The highest BCUT2D eigenvalue weighted by atomic mass is 16.7. The van der Waals surface area contributed by atoms with Gasteiger partial charge < -0.3 is 20.1 Å². The smallest absolute Gasteiger partial charge is 0.249 e. The minimum atomic E-state index is 0.247. The topological polar surface area (TPSA) is 81.2 Å². The van der Waals surface area contributed by atoms with E-state index in [1.54, 1.807) is 6.20 Å². The summed E-state index contributed by atoms with van der Waals surface area (Å²) in [7, 11) is 0. The Labute approximate surface area is 151 Å². The highest BCUT2D eigenvalue weighted by Crippen LogP contribution is 2.35. The quantitative estimate of drug-likeness (QED) is 0.736. The van der Waals surface area contributed by atoms with E-state index in [4.69, 9.17) is 9.47 Å². The first-order valence-corrected chi connectivity index (χ1v) is 8.30. The van der Waals surface area contributed by atoms with Crippen LogP contribution in [-0.4, -0.2) is 22.0 Å². The van der Waals surface area contributed by atoms with Crippen molar-refractivity contribution in [3.8, 4) is 11.5 Å². The van der Waals surface area contributed by atoms with Gasteiger partial charge in [-0.15, -0.1) is 5.10 Å². The lowest BCUT2D eigenvalue weighted by Gasteiger charge is -2.13. The lowest BCUT2D eigenvalue weighted by atomic mass is 10.1. The molecule has 132 valence electrons. The van der Waals surface area contributed by atoms with Gasteiger partial charge in [0.1, 0.15) is 0 Å². The van der Waals surface area contributed by atoms with Crippen LogP contribution in [0.5, 0.6) is 11.5 Å². The lowest BCUT2D eigenvalue weighted by Crippen LogP contribution is -2.04. The number of hydrogen-bond donors (Lipinski definition) is 2. The van der Waals surface area contributed by atoms with E-state index in [-0.39, 0.29) is 6.79 Å². The largest absolute Gasteiger partial charge is 0.454 e. The molecule has 1 aliphatic heterocycles. The molecule has 1 aliphatic rings. The second-order valence-electron chi connectivity index (χ2n) is 6.26. The van der Waals surface area contributed by atoms with Gasteiger partial charge in [0.2, 0.25) is 12.7 Å². The number of ether oxygens (including phenoxy) is 2. The van der Waals surface area contributed by atoms with Gasteiger partial charge in [-0.3, -0.25) is 0 Å². The van der Waals surface area contributed by atoms with Crippen molar-refractivity contribution in [2.45, 2.75) is 20.8 Å². The number of anilines is 4. The fourth-order valence-corrected chi connectivity index (χ4v) is 3.03. The molecule has 0 amide bonds. The second-order valence-corrected chi connectivity index (χ2v) is 6.26. The molecule has 0 spiro atoms. The Balaban J connectivity index is 1.56. The fourth-order valence-electron chi connectivity index (χ4n) is 3.03. The average Bonchev–Trinajstić information content (AvgIpc) is 3.06. The van der Waals surface area contributed by atoms with Crippen LogP contribution in [0.15, 0.2) is 36.5 Å². The molecule has 0 bridgehead atoms. The van der Waals surface area contributed by atoms with E-state index < -0.39 is 0 Å². The van der Waals surface area contributed by atoms with E-state index in [9.17, 15) is 0 Å². The number of benzene rings is 2. The summed E-state index contributed by atoms with van der Waals surface area (Å²) in [6.07, 6.45) is 1.57. The number of hydrogen-bond acceptors (Lipinski definition) is 7. The number of aryl methyl sites for hydroxylation is 3. The van der Waals surface area contributed by atoms with Crippen LogP contribution >= 0.6 is 0 Å². The van der Waals surface area contributed by atoms with Crippen molar-refractivity contribution in [2.75, 3.05) is 17.4 Å². The average molecular weight is 349 g/mol. The minimum absolute atomic E-state index is 0.247. The van der Waals surface area contributed by atoms with Gasteiger partial charge in [-0.1, -0.05) is 17.7 Å². The van der Waals surface area contributed by atoms with Crippen LogP contribution < -0.4 is 20.1 Å². The van der Waals surface area contributed by atoms with Gasteiger partial charge in [0, 0.05) is 17.4 Å². The van der Waals surface area contributed by atoms with Gasteiger partial charge in [0.25, 0.3) is 0 Å². The summed E-state index contributed by atoms with van der Waals surface area (Å²) in [6, 6.07) is 9.87. The monoisotopic (exact) mass is 349 g/mol. The maximum absolute atomic E-state index is 5.39. The molecule has 3 aromatic rings. The van der Waals surface area contributed by atoms with E-state index in [0.717, 1.165) is 28.3 Å².